The van der Waals surface area contributed by atoms with Crippen LogP contribution in [0.1, 0.15) is 25.0 Å². The third kappa shape index (κ3) is 4.10. The van der Waals surface area contributed by atoms with Crippen molar-refractivity contribution in [3.63, 3.8) is 0 Å². The van der Waals surface area contributed by atoms with Crippen molar-refractivity contribution in [2.24, 2.45) is 0 Å². The Hall–Kier alpha value is -0.880. The number of halogens is 2. The van der Waals surface area contributed by atoms with Gasteiger partial charge in [0, 0.05) is 31.4 Å². The lowest BCUT2D eigenvalue weighted by Gasteiger charge is -2.20. The van der Waals surface area contributed by atoms with E-state index >= 15 is 0 Å². The van der Waals surface area contributed by atoms with Crippen molar-refractivity contribution >= 4 is 29.1 Å². The summed E-state index contributed by atoms with van der Waals surface area (Å²) in [5, 5.41) is 22.7. The molecule has 0 bridgehead atoms. The Morgan fingerprint density at radius 3 is 2.44 bits per heavy atom. The summed E-state index contributed by atoms with van der Waals surface area (Å²) < 4.78 is 0. The van der Waals surface area contributed by atoms with Gasteiger partial charge in [0.25, 0.3) is 0 Å². The van der Waals surface area contributed by atoms with E-state index in [-0.39, 0.29) is 34.5 Å². The summed E-state index contributed by atoms with van der Waals surface area (Å²) in [7, 11) is 0. The number of rotatable bonds is 5. The van der Waals surface area contributed by atoms with Gasteiger partial charge in [-0.25, -0.2) is 0 Å². The number of hydrogen-bond donors (Lipinski definition) is 3. The Kier molecular flexibility index (Phi) is 5.81. The fourth-order valence-corrected chi connectivity index (χ4v) is 2.04. The largest absolute Gasteiger partial charge is 0.390 e. The molecule has 1 amide bonds. The molecule has 0 saturated carbocycles. The number of amides is 1. The van der Waals surface area contributed by atoms with E-state index in [1.807, 2.05) is 0 Å². The molecule has 0 radical (unpaired) electrons. The fourth-order valence-electron chi connectivity index (χ4n) is 1.45. The Balaban J connectivity index is 2.68. The average Bonchev–Trinajstić information content (AvgIpc) is 2.27. The lowest BCUT2D eigenvalue weighted by Crippen LogP contribution is -2.27. The maximum absolute atomic E-state index is 10.7. The van der Waals surface area contributed by atoms with Crippen molar-refractivity contribution in [3.05, 3.63) is 28.0 Å². The molecular formula is C11H14Cl2N2O3. The molecule has 2 atom stereocenters. The van der Waals surface area contributed by atoms with Gasteiger partial charge in [0.15, 0.2) is 0 Å². The van der Waals surface area contributed by atoms with Crippen LogP contribution in [0.15, 0.2) is 12.4 Å². The van der Waals surface area contributed by atoms with Crippen LogP contribution in [0, 0.1) is 0 Å². The highest BCUT2D eigenvalue weighted by Crippen LogP contribution is 2.31. The van der Waals surface area contributed by atoms with Crippen LogP contribution in [-0.2, 0) is 4.79 Å². The monoisotopic (exact) mass is 292 g/mol. The first-order chi connectivity index (χ1) is 8.43. The zero-order chi connectivity index (χ0) is 13.7. The van der Waals surface area contributed by atoms with E-state index in [0.717, 1.165) is 0 Å². The van der Waals surface area contributed by atoms with Crippen LogP contribution in [0.25, 0.3) is 0 Å². The van der Waals surface area contributed by atoms with Gasteiger partial charge in [0.05, 0.1) is 16.1 Å². The second-order valence-electron chi connectivity index (χ2n) is 3.80. The van der Waals surface area contributed by atoms with E-state index in [1.165, 1.54) is 19.3 Å². The summed E-state index contributed by atoms with van der Waals surface area (Å²) in [5.41, 5.74) is 0.239. The van der Waals surface area contributed by atoms with Gasteiger partial charge in [-0.3, -0.25) is 9.78 Å². The molecule has 0 saturated heterocycles. The maximum Gasteiger partial charge on any atom is 0.216 e. The van der Waals surface area contributed by atoms with Gasteiger partial charge in [0.2, 0.25) is 5.91 Å². The number of hydrogen-bond acceptors (Lipinski definition) is 4. The Morgan fingerprint density at radius 2 is 1.94 bits per heavy atom. The van der Waals surface area contributed by atoms with Crippen LogP contribution < -0.4 is 5.32 Å². The van der Waals surface area contributed by atoms with Crippen molar-refractivity contribution in [3.8, 4) is 0 Å². The minimum absolute atomic E-state index is 0.188. The highest BCUT2D eigenvalue weighted by Gasteiger charge is 2.23. The van der Waals surface area contributed by atoms with E-state index in [1.54, 1.807) is 0 Å². The summed E-state index contributed by atoms with van der Waals surface area (Å²) in [4.78, 5) is 14.4. The molecule has 0 aliphatic carbocycles. The smallest absolute Gasteiger partial charge is 0.216 e. The van der Waals surface area contributed by atoms with E-state index < -0.39 is 12.2 Å². The number of aliphatic hydroxyl groups excluding tert-OH is 2. The molecule has 1 rings (SSSR count). The summed E-state index contributed by atoms with van der Waals surface area (Å²) in [6, 6.07) is 0. The van der Waals surface area contributed by atoms with Gasteiger partial charge < -0.3 is 15.5 Å². The Morgan fingerprint density at radius 1 is 1.39 bits per heavy atom. The molecule has 7 heteroatoms. The number of aliphatic hydroxyl groups is 2. The van der Waals surface area contributed by atoms with Gasteiger partial charge in [-0.05, 0) is 6.42 Å². The quantitative estimate of drug-likeness (QED) is 0.764. The van der Waals surface area contributed by atoms with Gasteiger partial charge in [0.1, 0.15) is 6.10 Å². The van der Waals surface area contributed by atoms with E-state index in [9.17, 15) is 15.0 Å². The van der Waals surface area contributed by atoms with Crippen LogP contribution in [0.5, 0.6) is 0 Å². The number of carbonyl (C=O) groups is 1. The lowest BCUT2D eigenvalue weighted by molar-refractivity contribution is -0.119. The molecular weight excluding hydrogens is 279 g/mol. The third-order valence-corrected chi connectivity index (χ3v) is 2.97. The molecule has 3 N–H and O–H groups in total. The highest BCUT2D eigenvalue weighted by atomic mass is 35.5. The van der Waals surface area contributed by atoms with Crippen molar-refractivity contribution in [2.75, 3.05) is 6.54 Å². The minimum atomic E-state index is -1.22. The van der Waals surface area contributed by atoms with Crippen molar-refractivity contribution in [1.29, 1.82) is 0 Å². The second kappa shape index (κ2) is 6.89. The number of carbonyl (C=O) groups excluding carboxylic acids is 1. The standard InChI is InChI=1S/C11H14Cl2N2O3/c1-6(16)15-3-2-9(17)11(18)10-7(12)4-14-5-8(10)13/h4-5,9,11,17-18H,2-3H2,1H3,(H,15,16). The first-order valence-corrected chi connectivity index (χ1v) is 6.08. The first-order valence-electron chi connectivity index (χ1n) is 5.33. The average molecular weight is 293 g/mol. The van der Waals surface area contributed by atoms with Gasteiger partial charge >= 0.3 is 0 Å². The molecule has 5 nitrogen and oxygen atoms in total. The number of nitrogens with zero attached hydrogens (tertiary/aromatic N) is 1. The predicted octanol–water partition coefficient (Wildman–Crippen LogP) is 1.31. The molecule has 0 fully saturated rings. The Labute approximate surface area is 115 Å². The lowest BCUT2D eigenvalue weighted by atomic mass is 10.0. The summed E-state index contributed by atoms with van der Waals surface area (Å²) in [6.07, 6.45) is 0.574. The van der Waals surface area contributed by atoms with Gasteiger partial charge in [-0.1, -0.05) is 23.2 Å². The number of pyridine rings is 1. The third-order valence-electron chi connectivity index (χ3n) is 2.36. The molecule has 0 aliphatic rings. The zero-order valence-corrected chi connectivity index (χ0v) is 11.2. The highest BCUT2D eigenvalue weighted by molar-refractivity contribution is 6.35. The van der Waals surface area contributed by atoms with Crippen LogP contribution in [0.4, 0.5) is 0 Å². The predicted molar refractivity (Wildman–Crippen MR) is 68.5 cm³/mol. The van der Waals surface area contributed by atoms with Gasteiger partial charge in [-0.15, -0.1) is 0 Å². The van der Waals surface area contributed by atoms with Crippen molar-refractivity contribution < 1.29 is 15.0 Å². The number of aromatic nitrogens is 1. The molecule has 1 aromatic heterocycles. The Bertz CT molecular complexity index is 408. The fraction of sp³-hybridized carbons (Fsp3) is 0.455. The topological polar surface area (TPSA) is 82.5 Å². The van der Waals surface area contributed by atoms with Gasteiger partial charge in [-0.2, -0.15) is 0 Å². The minimum Gasteiger partial charge on any atom is -0.390 e. The van der Waals surface area contributed by atoms with Crippen LogP contribution >= 0.6 is 23.2 Å². The molecule has 1 heterocycles. The summed E-state index contributed by atoms with van der Waals surface area (Å²) in [6.45, 7) is 1.63. The van der Waals surface area contributed by atoms with Crippen LogP contribution in [-0.4, -0.2) is 33.8 Å². The second-order valence-corrected chi connectivity index (χ2v) is 4.62. The molecule has 18 heavy (non-hydrogen) atoms. The molecule has 0 aliphatic heterocycles. The number of nitrogens with one attached hydrogen (secondary N) is 1. The van der Waals surface area contributed by atoms with Crippen LogP contribution in [0.2, 0.25) is 10.0 Å². The summed E-state index contributed by atoms with van der Waals surface area (Å²) in [5.74, 6) is -0.198. The first kappa shape index (κ1) is 15.2. The van der Waals surface area contributed by atoms with E-state index in [0.29, 0.717) is 0 Å². The van der Waals surface area contributed by atoms with Crippen molar-refractivity contribution in [2.45, 2.75) is 25.6 Å². The summed E-state index contributed by atoms with van der Waals surface area (Å²) >= 11 is 11.7. The SMILES string of the molecule is CC(=O)NCCC(O)C(O)c1c(Cl)cncc1Cl. The van der Waals surface area contributed by atoms with Crippen LogP contribution in [0.3, 0.4) is 0 Å². The van der Waals surface area contributed by atoms with Crippen molar-refractivity contribution in [1.82, 2.24) is 10.3 Å². The van der Waals surface area contributed by atoms with E-state index in [4.69, 9.17) is 23.2 Å². The van der Waals surface area contributed by atoms with E-state index in [2.05, 4.69) is 10.3 Å². The molecule has 0 aromatic carbocycles. The molecule has 100 valence electrons. The zero-order valence-electron chi connectivity index (χ0n) is 9.73. The molecule has 2 unspecified atom stereocenters. The normalized spacial score (nSPS) is 14.1. The maximum atomic E-state index is 10.7. The molecule has 1 aromatic rings. The molecule has 0 spiro atoms.